The zero-order chi connectivity index (χ0) is 28.9. The first-order chi connectivity index (χ1) is 21.7. The fraction of sp³-hybridized carbons (Fsp3) is 0. The topological polar surface area (TPSA) is 3.24 Å². The van der Waals surface area contributed by atoms with E-state index in [1.165, 1.54) is 40.3 Å². The minimum Gasteiger partial charge on any atom is -0.307 e. The Balaban J connectivity index is 1.37. The molecule has 2 heterocycles. The molecule has 0 fully saturated rings. The summed E-state index contributed by atoms with van der Waals surface area (Å²) in [4.78, 5) is 2.46. The van der Waals surface area contributed by atoms with Crippen LogP contribution in [-0.2, 0) is 0 Å². The maximum absolute atomic E-state index is 15.2. The summed E-state index contributed by atoms with van der Waals surface area (Å²) in [5.74, 6) is -0.181. The van der Waals surface area contributed by atoms with E-state index in [4.69, 9.17) is 0 Å². The quantitative estimate of drug-likeness (QED) is 0.183. The molecule has 8 aromatic carbocycles. The molecule has 0 saturated carbocycles. The minimum absolute atomic E-state index is 0.181. The van der Waals surface area contributed by atoms with E-state index in [0.717, 1.165) is 44.0 Å². The van der Waals surface area contributed by atoms with Gasteiger partial charge in [0.1, 0.15) is 5.82 Å². The lowest BCUT2D eigenvalue weighted by Gasteiger charge is -2.28. The van der Waals surface area contributed by atoms with Gasteiger partial charge in [-0.2, -0.15) is 0 Å². The molecule has 0 radical (unpaired) electrons. The van der Waals surface area contributed by atoms with Crippen molar-refractivity contribution in [2.24, 2.45) is 0 Å². The van der Waals surface area contributed by atoms with Gasteiger partial charge in [-0.15, -0.1) is 22.7 Å². The highest BCUT2D eigenvalue weighted by molar-refractivity contribution is 7.27. The van der Waals surface area contributed by atoms with Crippen molar-refractivity contribution in [3.8, 4) is 0 Å². The number of hydrogen-bond acceptors (Lipinski definition) is 3. The first-order valence-corrected chi connectivity index (χ1v) is 16.3. The van der Waals surface area contributed by atoms with Gasteiger partial charge in [0.15, 0.2) is 0 Å². The molecule has 0 bridgehead atoms. The average Bonchev–Trinajstić information content (AvgIpc) is 3.65. The second-order valence-electron chi connectivity index (χ2n) is 11.4. The monoisotopic (exact) mass is 599 g/mol. The summed E-state index contributed by atoms with van der Waals surface area (Å²) in [5, 5.41) is 11.1. The van der Waals surface area contributed by atoms with Crippen LogP contribution < -0.4 is 4.90 Å². The van der Waals surface area contributed by atoms with E-state index >= 15 is 4.39 Å². The average molecular weight is 600 g/mol. The Morgan fingerprint density at radius 3 is 1.52 bits per heavy atom. The number of nitrogens with zero attached hydrogens (tertiary/aromatic N) is 1. The lowest BCUT2D eigenvalue weighted by atomic mass is 9.92. The van der Waals surface area contributed by atoms with E-state index in [1.807, 2.05) is 34.8 Å². The maximum atomic E-state index is 15.2. The third kappa shape index (κ3) is 3.27. The lowest BCUT2D eigenvalue weighted by molar-refractivity contribution is 0.640. The van der Waals surface area contributed by atoms with Crippen LogP contribution >= 0.6 is 22.7 Å². The number of fused-ring (bicyclic) bond motifs is 6. The fourth-order valence-corrected chi connectivity index (χ4v) is 9.56. The highest BCUT2D eigenvalue weighted by Crippen LogP contribution is 2.51. The highest BCUT2D eigenvalue weighted by atomic mass is 32.1. The summed E-state index contributed by atoms with van der Waals surface area (Å²) in [6.07, 6.45) is 0. The second-order valence-corrected chi connectivity index (χ2v) is 13.5. The van der Waals surface area contributed by atoms with E-state index in [1.54, 1.807) is 6.07 Å². The summed E-state index contributed by atoms with van der Waals surface area (Å²) in [5.41, 5.74) is 3.39. The Labute approximate surface area is 260 Å². The van der Waals surface area contributed by atoms with Gasteiger partial charge in [-0.1, -0.05) is 97.1 Å². The van der Waals surface area contributed by atoms with Crippen molar-refractivity contribution in [3.63, 3.8) is 0 Å². The van der Waals surface area contributed by atoms with Crippen LogP contribution in [0.3, 0.4) is 0 Å². The van der Waals surface area contributed by atoms with Crippen molar-refractivity contribution in [2.45, 2.75) is 0 Å². The molecule has 0 spiro atoms. The molecule has 0 unspecified atom stereocenters. The number of rotatable bonds is 3. The Morgan fingerprint density at radius 2 is 0.886 bits per heavy atom. The zero-order valence-electron chi connectivity index (χ0n) is 23.3. The van der Waals surface area contributed by atoms with Crippen molar-refractivity contribution >= 4 is 112 Å². The van der Waals surface area contributed by atoms with Crippen molar-refractivity contribution in [2.75, 3.05) is 4.90 Å². The summed E-state index contributed by atoms with van der Waals surface area (Å²) in [7, 11) is 0. The molecule has 0 aliphatic heterocycles. The molecule has 1 nitrogen and oxygen atoms in total. The first-order valence-electron chi connectivity index (χ1n) is 14.7. The summed E-state index contributed by atoms with van der Waals surface area (Å²) >= 11 is 3.69. The van der Waals surface area contributed by atoms with Crippen LogP contribution in [0, 0.1) is 5.82 Å². The lowest BCUT2D eigenvalue weighted by Crippen LogP contribution is -2.11. The summed E-state index contributed by atoms with van der Waals surface area (Å²) in [6, 6.07) is 47.0. The summed E-state index contributed by atoms with van der Waals surface area (Å²) in [6.45, 7) is 0. The molecule has 10 rings (SSSR count). The van der Waals surface area contributed by atoms with Crippen molar-refractivity contribution in [1.82, 2.24) is 0 Å². The Bertz CT molecular complexity index is 2640. The largest absolute Gasteiger partial charge is 0.307 e. The van der Waals surface area contributed by atoms with Gasteiger partial charge in [-0.05, 0) is 52.6 Å². The van der Waals surface area contributed by atoms with Gasteiger partial charge in [0.05, 0.1) is 26.5 Å². The third-order valence-corrected chi connectivity index (χ3v) is 11.5. The predicted molar refractivity (Wildman–Crippen MR) is 191 cm³/mol. The van der Waals surface area contributed by atoms with E-state index in [9.17, 15) is 0 Å². The van der Waals surface area contributed by atoms with Crippen LogP contribution in [0.1, 0.15) is 0 Å². The second kappa shape index (κ2) is 8.99. The van der Waals surface area contributed by atoms with Crippen LogP contribution in [0.25, 0.3) is 72.7 Å². The maximum Gasteiger partial charge on any atom is 0.131 e. The molecule has 44 heavy (non-hydrogen) atoms. The van der Waals surface area contributed by atoms with Crippen molar-refractivity contribution < 1.29 is 4.39 Å². The van der Waals surface area contributed by atoms with Gasteiger partial charge in [-0.25, -0.2) is 4.39 Å². The molecule has 4 heteroatoms. The standard InChI is InChI=1S/C40H22FNS2/c41-31-21-17-23-16-20-30-32(22-18-24-15-19-29(31)37(23)38(24)30)42(33-11-5-9-27-25-7-1-3-13-35(25)43-39(27)33)34-12-6-10-28-26-8-2-4-14-36(26)44-40(28)34/h1-22H. The molecule has 0 atom stereocenters. The van der Waals surface area contributed by atoms with E-state index in [0.29, 0.717) is 5.39 Å². The molecular weight excluding hydrogens is 578 g/mol. The smallest absolute Gasteiger partial charge is 0.131 e. The van der Waals surface area contributed by atoms with Crippen LogP contribution in [0.2, 0.25) is 0 Å². The van der Waals surface area contributed by atoms with E-state index in [-0.39, 0.29) is 5.82 Å². The molecule has 2 aromatic heterocycles. The molecule has 0 aliphatic carbocycles. The van der Waals surface area contributed by atoms with Gasteiger partial charge < -0.3 is 4.90 Å². The van der Waals surface area contributed by atoms with Gasteiger partial charge in [0.25, 0.3) is 0 Å². The van der Waals surface area contributed by atoms with Gasteiger partial charge in [0, 0.05) is 47.1 Å². The highest BCUT2D eigenvalue weighted by Gasteiger charge is 2.24. The molecule has 0 saturated heterocycles. The van der Waals surface area contributed by atoms with Crippen molar-refractivity contribution in [3.05, 3.63) is 139 Å². The van der Waals surface area contributed by atoms with Crippen LogP contribution in [0.15, 0.2) is 133 Å². The van der Waals surface area contributed by atoms with E-state index < -0.39 is 0 Å². The number of benzene rings is 8. The van der Waals surface area contributed by atoms with Crippen LogP contribution in [-0.4, -0.2) is 0 Å². The number of hydrogen-bond donors (Lipinski definition) is 0. The Hall–Kier alpha value is -5.03. The number of thiophene rings is 2. The fourth-order valence-electron chi connectivity index (χ4n) is 7.15. The third-order valence-electron chi connectivity index (χ3n) is 9.08. The SMILES string of the molecule is Fc1ccc2ccc3c(N(c4cccc5c4sc4ccccc45)c4cccc5c4sc4ccccc45)ccc4ccc1c2c43. The van der Waals surface area contributed by atoms with Crippen LogP contribution in [0.4, 0.5) is 21.5 Å². The predicted octanol–water partition coefficient (Wildman–Crippen LogP) is 12.9. The van der Waals surface area contributed by atoms with Gasteiger partial charge in [0.2, 0.25) is 0 Å². The van der Waals surface area contributed by atoms with Crippen LogP contribution in [0.5, 0.6) is 0 Å². The van der Waals surface area contributed by atoms with Gasteiger partial charge >= 0.3 is 0 Å². The molecule has 0 aliphatic rings. The number of halogens is 1. The van der Waals surface area contributed by atoms with Crippen molar-refractivity contribution in [1.29, 1.82) is 0 Å². The number of anilines is 3. The summed E-state index contributed by atoms with van der Waals surface area (Å²) < 4.78 is 20.2. The molecule has 10 aromatic rings. The normalized spacial score (nSPS) is 12.2. The minimum atomic E-state index is -0.181. The zero-order valence-corrected chi connectivity index (χ0v) is 25.0. The Kier molecular flexibility index (Phi) is 4.99. The first kappa shape index (κ1) is 24.4. The molecule has 206 valence electrons. The molecule has 0 N–H and O–H groups in total. The Morgan fingerprint density at radius 1 is 0.386 bits per heavy atom. The van der Waals surface area contributed by atoms with E-state index in [2.05, 4.69) is 120 Å². The molecule has 0 amide bonds. The van der Waals surface area contributed by atoms with Gasteiger partial charge in [-0.3, -0.25) is 0 Å². The molecular formula is C40H22FNS2.